The number of hydrogen-bond acceptors (Lipinski definition) is 15. The molecule has 0 aromatic heterocycles. The summed E-state index contributed by atoms with van der Waals surface area (Å²) in [5.74, 6) is -0.560. The predicted molar refractivity (Wildman–Crippen MR) is 358 cm³/mol. The van der Waals surface area contributed by atoms with Crippen LogP contribution in [0, 0.1) is 11.8 Å². The second kappa shape index (κ2) is 62.2. The normalized spacial score (nSPS) is 14.8. The largest absolute Gasteiger partial charge is 0.472 e. The molecule has 0 amide bonds. The van der Waals surface area contributed by atoms with Crippen LogP contribution >= 0.6 is 15.6 Å². The fourth-order valence-electron chi connectivity index (χ4n) is 10.5. The molecule has 19 heteroatoms. The van der Waals surface area contributed by atoms with Gasteiger partial charge >= 0.3 is 39.5 Å². The minimum Gasteiger partial charge on any atom is -0.462 e. The van der Waals surface area contributed by atoms with Crippen molar-refractivity contribution in [3.8, 4) is 0 Å². The molecule has 0 bridgehead atoms. The predicted octanol–water partition coefficient (Wildman–Crippen LogP) is 20.0. The van der Waals surface area contributed by atoms with Gasteiger partial charge in [-0.15, -0.1) is 0 Å². The number of esters is 4. The number of aliphatic hydroxyl groups is 1. The minimum absolute atomic E-state index is 0.103. The smallest absolute Gasteiger partial charge is 0.462 e. The lowest BCUT2D eigenvalue weighted by molar-refractivity contribution is -0.161. The van der Waals surface area contributed by atoms with Crippen LogP contribution in [0.25, 0.3) is 0 Å². The van der Waals surface area contributed by atoms with Crippen molar-refractivity contribution in [2.45, 2.75) is 374 Å². The first-order chi connectivity index (χ1) is 42.9. The minimum atomic E-state index is -4.95. The molecule has 0 aliphatic rings. The lowest BCUT2D eigenvalue weighted by Gasteiger charge is -2.21. The van der Waals surface area contributed by atoms with E-state index in [2.05, 4.69) is 41.5 Å². The number of carbonyl (C=O) groups is 4. The molecule has 0 aliphatic carbocycles. The Bertz CT molecular complexity index is 1740. The highest BCUT2D eigenvalue weighted by atomic mass is 31.2. The monoisotopic (exact) mass is 1310 g/mol. The third-order valence-electron chi connectivity index (χ3n) is 16.9. The maximum absolute atomic E-state index is 13.0. The standard InChI is InChI=1S/C70H136O17P2/c1-7-11-13-15-17-19-25-30-34-41-47-53-68(73)80-58-65(86-69(74)54-48-42-35-31-27-24-22-21-23-26-28-32-38-44-50-62(5)9-3)60-84-88(76,77)82-56-64(71)57-83-89(78,79)85-61-66(87-70(75)55-49-43-37-36-39-45-51-63(6)10-4)59-81-67(72)52-46-40-33-29-20-18-16-14-12-8-2/h62-66,71H,7-61H2,1-6H3,(H,76,77)(H,78,79)/t62?,63?,64-,65-,66-/m1/s1. The van der Waals surface area contributed by atoms with E-state index in [-0.39, 0.29) is 25.7 Å². The Morgan fingerprint density at radius 2 is 0.539 bits per heavy atom. The first-order valence-corrected chi connectivity index (χ1v) is 39.6. The van der Waals surface area contributed by atoms with Crippen molar-refractivity contribution in [1.29, 1.82) is 0 Å². The number of phosphoric ester groups is 2. The second-order valence-electron chi connectivity index (χ2n) is 25.8. The van der Waals surface area contributed by atoms with Crippen LogP contribution in [0.15, 0.2) is 0 Å². The molecule has 0 saturated heterocycles. The molecule has 528 valence electrons. The van der Waals surface area contributed by atoms with E-state index < -0.39 is 97.5 Å². The van der Waals surface area contributed by atoms with Gasteiger partial charge in [0.2, 0.25) is 0 Å². The summed E-state index contributed by atoms with van der Waals surface area (Å²) in [6.45, 7) is 9.54. The zero-order chi connectivity index (χ0) is 65.7. The molecule has 0 aromatic carbocycles. The van der Waals surface area contributed by atoms with E-state index in [4.69, 9.17) is 37.0 Å². The molecule has 4 unspecified atom stereocenters. The van der Waals surface area contributed by atoms with Gasteiger partial charge in [-0.1, -0.05) is 305 Å². The fraction of sp³-hybridized carbons (Fsp3) is 0.943. The van der Waals surface area contributed by atoms with Gasteiger partial charge in [-0.3, -0.25) is 37.3 Å². The highest BCUT2D eigenvalue weighted by Gasteiger charge is 2.30. The summed E-state index contributed by atoms with van der Waals surface area (Å²) in [6, 6.07) is 0. The molecule has 0 radical (unpaired) electrons. The third kappa shape index (κ3) is 62.0. The number of unbranched alkanes of at least 4 members (excludes halogenated alkanes) is 37. The van der Waals surface area contributed by atoms with E-state index in [1.165, 1.54) is 173 Å². The lowest BCUT2D eigenvalue weighted by Crippen LogP contribution is -2.30. The average molecular weight is 1310 g/mol. The van der Waals surface area contributed by atoms with Gasteiger partial charge in [-0.25, -0.2) is 9.13 Å². The van der Waals surface area contributed by atoms with Crippen LogP contribution in [0.3, 0.4) is 0 Å². The maximum atomic E-state index is 13.0. The summed E-state index contributed by atoms with van der Waals surface area (Å²) >= 11 is 0. The molecule has 3 N–H and O–H groups in total. The Kier molecular flexibility index (Phi) is 60.8. The Labute approximate surface area is 543 Å². The van der Waals surface area contributed by atoms with Gasteiger partial charge in [-0.2, -0.15) is 0 Å². The number of ether oxygens (including phenoxy) is 4. The Morgan fingerprint density at radius 1 is 0.315 bits per heavy atom. The zero-order valence-electron chi connectivity index (χ0n) is 57.7. The molecule has 0 saturated carbocycles. The summed E-state index contributed by atoms with van der Waals surface area (Å²) < 4.78 is 68.2. The van der Waals surface area contributed by atoms with Gasteiger partial charge in [0.25, 0.3) is 0 Å². The lowest BCUT2D eigenvalue weighted by atomic mass is 9.99. The quantitative estimate of drug-likeness (QED) is 0.0222. The van der Waals surface area contributed by atoms with Crippen molar-refractivity contribution in [3.05, 3.63) is 0 Å². The second-order valence-corrected chi connectivity index (χ2v) is 28.7. The molecule has 0 aromatic rings. The zero-order valence-corrected chi connectivity index (χ0v) is 59.5. The molecule has 0 spiro atoms. The van der Waals surface area contributed by atoms with Gasteiger partial charge in [0, 0.05) is 25.7 Å². The SMILES string of the molecule is CCCCCCCCCCCCCC(=O)OC[C@H](COP(=O)(O)OC[C@@H](O)COP(=O)(O)OC[C@@H](COC(=O)CCCCCCCCCCCC)OC(=O)CCCCCCCCC(C)CC)OC(=O)CCCCCCCCCCCCCCCCC(C)CC. The summed E-state index contributed by atoms with van der Waals surface area (Å²) in [7, 11) is -9.90. The van der Waals surface area contributed by atoms with Crippen molar-refractivity contribution < 1.29 is 80.2 Å². The van der Waals surface area contributed by atoms with E-state index >= 15 is 0 Å². The molecule has 0 fully saturated rings. The maximum Gasteiger partial charge on any atom is 0.472 e. The highest BCUT2D eigenvalue weighted by Crippen LogP contribution is 2.45. The van der Waals surface area contributed by atoms with Crippen LogP contribution in [0.4, 0.5) is 0 Å². The van der Waals surface area contributed by atoms with E-state index in [9.17, 15) is 43.2 Å². The number of carbonyl (C=O) groups excluding carboxylic acids is 4. The molecule has 89 heavy (non-hydrogen) atoms. The topological polar surface area (TPSA) is 237 Å². The highest BCUT2D eigenvalue weighted by molar-refractivity contribution is 7.47. The molecule has 0 rings (SSSR count). The summed E-state index contributed by atoms with van der Waals surface area (Å²) in [5.41, 5.74) is 0. The molecule has 0 aliphatic heterocycles. The number of hydrogen-bond donors (Lipinski definition) is 3. The van der Waals surface area contributed by atoms with E-state index in [0.717, 1.165) is 102 Å². The first-order valence-electron chi connectivity index (χ1n) is 36.6. The average Bonchev–Trinajstić information content (AvgIpc) is 3.57. The van der Waals surface area contributed by atoms with Crippen molar-refractivity contribution in [1.82, 2.24) is 0 Å². The van der Waals surface area contributed by atoms with E-state index in [1.54, 1.807) is 0 Å². The molecular formula is C70H136O17P2. The van der Waals surface area contributed by atoms with Crippen LogP contribution in [-0.4, -0.2) is 96.7 Å². The van der Waals surface area contributed by atoms with Gasteiger partial charge in [0.1, 0.15) is 19.3 Å². The van der Waals surface area contributed by atoms with E-state index in [0.29, 0.717) is 25.7 Å². The summed E-state index contributed by atoms with van der Waals surface area (Å²) in [4.78, 5) is 72.5. The first kappa shape index (κ1) is 87.1. The van der Waals surface area contributed by atoms with Crippen LogP contribution in [-0.2, 0) is 65.4 Å². The van der Waals surface area contributed by atoms with Gasteiger partial charge in [0.15, 0.2) is 12.2 Å². The van der Waals surface area contributed by atoms with Crippen molar-refractivity contribution in [2.24, 2.45) is 11.8 Å². The summed E-state index contributed by atoms with van der Waals surface area (Å²) in [6.07, 6.45) is 47.1. The number of phosphoric acid groups is 2. The number of rotatable bonds is 69. The van der Waals surface area contributed by atoms with Gasteiger partial charge in [-0.05, 0) is 37.5 Å². The number of aliphatic hydroxyl groups excluding tert-OH is 1. The molecular weight excluding hydrogens is 1170 g/mol. The van der Waals surface area contributed by atoms with Gasteiger partial charge < -0.3 is 33.8 Å². The Balaban J connectivity index is 5.21. The van der Waals surface area contributed by atoms with Crippen LogP contribution < -0.4 is 0 Å². The van der Waals surface area contributed by atoms with Crippen LogP contribution in [0.5, 0.6) is 0 Å². The third-order valence-corrected chi connectivity index (χ3v) is 18.8. The molecule has 17 nitrogen and oxygen atoms in total. The van der Waals surface area contributed by atoms with E-state index in [1.807, 2.05) is 0 Å². The van der Waals surface area contributed by atoms with Crippen LogP contribution in [0.2, 0.25) is 0 Å². The summed E-state index contributed by atoms with van der Waals surface area (Å²) in [5, 5.41) is 10.6. The van der Waals surface area contributed by atoms with Crippen molar-refractivity contribution >= 4 is 39.5 Å². The Morgan fingerprint density at radius 3 is 0.798 bits per heavy atom. The van der Waals surface area contributed by atoms with Crippen molar-refractivity contribution in [3.63, 3.8) is 0 Å². The van der Waals surface area contributed by atoms with Gasteiger partial charge in [0.05, 0.1) is 26.4 Å². The van der Waals surface area contributed by atoms with Crippen molar-refractivity contribution in [2.75, 3.05) is 39.6 Å². The fourth-order valence-corrected chi connectivity index (χ4v) is 12.1. The molecule has 0 heterocycles. The molecule has 7 atom stereocenters. The van der Waals surface area contributed by atoms with Crippen LogP contribution in [0.1, 0.15) is 356 Å². The Hall–Kier alpha value is -1.94.